The summed E-state index contributed by atoms with van der Waals surface area (Å²) < 4.78 is 0. The lowest BCUT2D eigenvalue weighted by molar-refractivity contribution is -0.114. The summed E-state index contributed by atoms with van der Waals surface area (Å²) in [6, 6.07) is 0. The van der Waals surface area contributed by atoms with Gasteiger partial charge in [0, 0.05) is 0 Å². The Balaban J connectivity index is 1.46. The van der Waals surface area contributed by atoms with Crippen molar-refractivity contribution in [1.29, 1.82) is 0 Å². The summed E-state index contributed by atoms with van der Waals surface area (Å²) >= 11 is 0. The third kappa shape index (κ3) is 3.44. The molecule has 156 valence electrons. The van der Waals surface area contributed by atoms with E-state index in [9.17, 15) is 0 Å². The van der Waals surface area contributed by atoms with Crippen molar-refractivity contribution in [3.8, 4) is 0 Å². The van der Waals surface area contributed by atoms with Gasteiger partial charge in [-0.05, 0) is 104 Å². The smallest absolute Gasteiger partial charge is 0.0264 e. The predicted octanol–water partition coefficient (Wildman–Crippen LogP) is 8.50. The highest BCUT2D eigenvalue weighted by molar-refractivity contribution is 5.09. The van der Waals surface area contributed by atoms with Gasteiger partial charge in [-0.1, -0.05) is 66.7 Å². The van der Waals surface area contributed by atoms with E-state index in [0.29, 0.717) is 10.8 Å². The molecule has 0 unspecified atom stereocenters. The molecule has 27 heavy (non-hydrogen) atoms. The van der Waals surface area contributed by atoms with Crippen molar-refractivity contribution >= 4 is 0 Å². The van der Waals surface area contributed by atoms with Crippen LogP contribution >= 0.6 is 0 Å². The Morgan fingerprint density at radius 1 is 0.741 bits per heavy atom. The van der Waals surface area contributed by atoms with Crippen LogP contribution in [-0.4, -0.2) is 0 Å². The van der Waals surface area contributed by atoms with Crippen molar-refractivity contribution in [3.63, 3.8) is 0 Å². The van der Waals surface area contributed by atoms with Crippen LogP contribution in [-0.2, 0) is 0 Å². The SMILES string of the molecule is CC(C)CCC[C@H](C)[C@@H]1CC[C@@H]2[C@@H]3CC[C@H]4CCCC[C@]4(C)[C@H]3CC[C@@]21C. The Bertz CT molecular complexity index is 506. The van der Waals surface area contributed by atoms with Gasteiger partial charge in [0.1, 0.15) is 0 Å². The summed E-state index contributed by atoms with van der Waals surface area (Å²) in [5, 5.41) is 0. The molecule has 4 saturated carbocycles. The Kier molecular flexibility index (Phi) is 5.77. The number of hydrogen-bond donors (Lipinski definition) is 0. The summed E-state index contributed by atoms with van der Waals surface area (Å²) in [7, 11) is 0. The van der Waals surface area contributed by atoms with Gasteiger partial charge in [-0.25, -0.2) is 0 Å². The molecular weight excluding hydrogens is 324 g/mol. The first-order valence-electron chi connectivity index (χ1n) is 12.9. The third-order valence-electron chi connectivity index (χ3n) is 10.8. The van der Waals surface area contributed by atoms with E-state index in [2.05, 4.69) is 34.6 Å². The standard InChI is InChI=1S/C27H48/c1-19(2)9-8-10-20(3)23-14-15-24-22-13-12-21-11-6-7-17-26(21,4)25(22)16-18-27(23,24)5/h19-25H,6-18H2,1-5H3/t20-,21+,22-,23-,24+,25-,26-,27+/m0/s1. The molecular formula is C27H48. The highest BCUT2D eigenvalue weighted by Gasteiger charge is 2.59. The lowest BCUT2D eigenvalue weighted by atomic mass is 9.44. The summed E-state index contributed by atoms with van der Waals surface area (Å²) in [4.78, 5) is 0. The maximum absolute atomic E-state index is 2.75. The zero-order valence-electron chi connectivity index (χ0n) is 19.2. The molecule has 0 bridgehead atoms. The highest BCUT2D eigenvalue weighted by atomic mass is 14.6. The lowest BCUT2D eigenvalue weighted by Gasteiger charge is -2.61. The van der Waals surface area contributed by atoms with E-state index >= 15 is 0 Å². The molecule has 0 heteroatoms. The average Bonchev–Trinajstić information content (AvgIpc) is 2.98. The molecule has 0 aliphatic heterocycles. The van der Waals surface area contributed by atoms with Crippen LogP contribution in [0.4, 0.5) is 0 Å². The van der Waals surface area contributed by atoms with Crippen LogP contribution in [0.3, 0.4) is 0 Å². The van der Waals surface area contributed by atoms with Crippen molar-refractivity contribution in [1.82, 2.24) is 0 Å². The highest BCUT2D eigenvalue weighted by Crippen LogP contribution is 2.68. The fourth-order valence-corrected chi connectivity index (χ4v) is 9.32. The summed E-state index contributed by atoms with van der Waals surface area (Å²) in [5.74, 6) is 7.15. The first kappa shape index (κ1) is 20.3. The van der Waals surface area contributed by atoms with Gasteiger partial charge >= 0.3 is 0 Å². The average molecular weight is 373 g/mol. The second kappa shape index (κ2) is 7.68. The van der Waals surface area contributed by atoms with Gasteiger partial charge in [-0.3, -0.25) is 0 Å². The quantitative estimate of drug-likeness (QED) is 0.453. The molecule has 0 aromatic heterocycles. The van der Waals surface area contributed by atoms with E-state index < -0.39 is 0 Å². The fraction of sp³-hybridized carbons (Fsp3) is 1.00. The predicted molar refractivity (Wildman–Crippen MR) is 118 cm³/mol. The van der Waals surface area contributed by atoms with Crippen molar-refractivity contribution in [3.05, 3.63) is 0 Å². The molecule has 0 heterocycles. The first-order chi connectivity index (χ1) is 12.9. The topological polar surface area (TPSA) is 0 Å². The second-order valence-electron chi connectivity index (χ2n) is 12.4. The largest absolute Gasteiger partial charge is 0.0628 e. The maximum atomic E-state index is 2.75. The van der Waals surface area contributed by atoms with Crippen molar-refractivity contribution in [2.45, 2.75) is 118 Å². The third-order valence-corrected chi connectivity index (χ3v) is 10.8. The molecule has 8 atom stereocenters. The van der Waals surface area contributed by atoms with Crippen molar-refractivity contribution in [2.75, 3.05) is 0 Å². The minimum atomic E-state index is 0.677. The molecule has 0 N–H and O–H groups in total. The molecule has 0 nitrogen and oxygen atoms in total. The molecule has 0 saturated heterocycles. The normalized spacial score (nSPS) is 48.0. The molecule has 0 aromatic rings. The van der Waals surface area contributed by atoms with Crippen LogP contribution in [0.15, 0.2) is 0 Å². The van der Waals surface area contributed by atoms with Gasteiger partial charge in [0.05, 0.1) is 0 Å². The lowest BCUT2D eigenvalue weighted by Crippen LogP contribution is -2.53. The Morgan fingerprint density at radius 2 is 1.52 bits per heavy atom. The van der Waals surface area contributed by atoms with Crippen LogP contribution in [0.2, 0.25) is 0 Å². The van der Waals surface area contributed by atoms with Crippen molar-refractivity contribution in [2.24, 2.45) is 52.3 Å². The fourth-order valence-electron chi connectivity index (χ4n) is 9.32. The molecule has 0 spiro atoms. The van der Waals surface area contributed by atoms with Crippen LogP contribution in [0.25, 0.3) is 0 Å². The summed E-state index contributed by atoms with van der Waals surface area (Å²) in [5.41, 5.74) is 1.39. The van der Waals surface area contributed by atoms with Gasteiger partial charge in [0.25, 0.3) is 0 Å². The van der Waals surface area contributed by atoms with Gasteiger partial charge in [-0.15, -0.1) is 0 Å². The van der Waals surface area contributed by atoms with Gasteiger partial charge in [0.15, 0.2) is 0 Å². The van der Waals surface area contributed by atoms with Crippen LogP contribution in [0.1, 0.15) is 118 Å². The zero-order valence-corrected chi connectivity index (χ0v) is 19.2. The van der Waals surface area contributed by atoms with E-state index in [1.165, 1.54) is 32.1 Å². The Labute approximate surface area is 170 Å². The minimum Gasteiger partial charge on any atom is -0.0628 e. The number of hydrogen-bond acceptors (Lipinski definition) is 0. The van der Waals surface area contributed by atoms with Crippen LogP contribution in [0, 0.1) is 52.3 Å². The molecule has 0 radical (unpaired) electrons. The molecule has 0 aromatic carbocycles. The minimum absolute atomic E-state index is 0.677. The summed E-state index contributed by atoms with van der Waals surface area (Å²) in [6.45, 7) is 12.9. The molecule has 4 rings (SSSR count). The second-order valence-corrected chi connectivity index (χ2v) is 12.4. The van der Waals surface area contributed by atoms with E-state index in [1.807, 2.05) is 0 Å². The Hall–Kier alpha value is 0. The maximum Gasteiger partial charge on any atom is -0.0264 e. The van der Waals surface area contributed by atoms with Crippen molar-refractivity contribution < 1.29 is 0 Å². The Morgan fingerprint density at radius 3 is 2.30 bits per heavy atom. The van der Waals surface area contributed by atoms with Gasteiger partial charge < -0.3 is 0 Å². The summed E-state index contributed by atoms with van der Waals surface area (Å²) in [6.07, 6.45) is 19.9. The zero-order chi connectivity index (χ0) is 19.2. The first-order valence-corrected chi connectivity index (χ1v) is 12.9. The van der Waals surface area contributed by atoms with Crippen LogP contribution < -0.4 is 0 Å². The van der Waals surface area contributed by atoms with E-state index in [4.69, 9.17) is 0 Å². The molecule has 0 amide bonds. The molecule has 4 fully saturated rings. The van der Waals surface area contributed by atoms with Gasteiger partial charge in [-0.2, -0.15) is 0 Å². The molecule has 4 aliphatic carbocycles. The van der Waals surface area contributed by atoms with Crippen LogP contribution in [0.5, 0.6) is 0 Å². The van der Waals surface area contributed by atoms with E-state index in [0.717, 1.165) is 41.4 Å². The monoisotopic (exact) mass is 372 g/mol. The van der Waals surface area contributed by atoms with E-state index in [-0.39, 0.29) is 0 Å². The molecule has 4 aliphatic rings. The van der Waals surface area contributed by atoms with Gasteiger partial charge in [0.2, 0.25) is 0 Å². The number of rotatable bonds is 5. The number of fused-ring (bicyclic) bond motifs is 5. The van der Waals surface area contributed by atoms with E-state index in [1.54, 1.807) is 51.4 Å².